The van der Waals surface area contributed by atoms with Gasteiger partial charge in [-0.05, 0) is 12.5 Å². The molecule has 1 aliphatic rings. The molecule has 0 amide bonds. The van der Waals surface area contributed by atoms with E-state index in [-0.39, 0.29) is 17.0 Å². The lowest BCUT2D eigenvalue weighted by molar-refractivity contribution is 0.0697. The van der Waals surface area contributed by atoms with Crippen LogP contribution in [0.5, 0.6) is 0 Å². The van der Waals surface area contributed by atoms with Gasteiger partial charge >= 0.3 is 5.97 Å². The number of halogens is 1. The number of anilines is 1. The van der Waals surface area contributed by atoms with Gasteiger partial charge in [0.15, 0.2) is 0 Å². The number of nitrogens with zero attached hydrogens (tertiary/aromatic N) is 3. The van der Waals surface area contributed by atoms with E-state index in [0.717, 1.165) is 23.8 Å². The molecular formula is C18H17FN4O3S. The molecule has 27 heavy (non-hydrogen) atoms. The number of benzene rings is 1. The summed E-state index contributed by atoms with van der Waals surface area (Å²) >= 11 is 1.15. The van der Waals surface area contributed by atoms with Crippen molar-refractivity contribution in [3.63, 3.8) is 0 Å². The third-order valence-electron chi connectivity index (χ3n) is 4.81. The summed E-state index contributed by atoms with van der Waals surface area (Å²) in [6.45, 7) is 1.10. The molecule has 0 saturated carbocycles. The van der Waals surface area contributed by atoms with Crippen molar-refractivity contribution >= 4 is 44.9 Å². The summed E-state index contributed by atoms with van der Waals surface area (Å²) in [6, 6.07) is 1.07. The molecule has 1 aliphatic heterocycles. The molecule has 0 aliphatic carbocycles. The average Bonchev–Trinajstić information content (AvgIpc) is 3.24. The lowest BCUT2D eigenvalue weighted by atomic mass is 10.0. The van der Waals surface area contributed by atoms with E-state index in [1.54, 1.807) is 23.0 Å². The van der Waals surface area contributed by atoms with Crippen molar-refractivity contribution in [1.29, 1.82) is 0 Å². The fourth-order valence-corrected chi connectivity index (χ4v) is 4.58. The van der Waals surface area contributed by atoms with Gasteiger partial charge in [0.05, 0.1) is 16.6 Å². The number of carboxylic acid groups (broad SMARTS) is 1. The standard InChI is InChI=1S/C18H17FN4O3S/c1-21-7-11-14-10(6-12(19)15(11)22-3-2-9(20)8-22)16(24)13(18(25)26)17-23(14)4-5-27-17/h4-7,9H,2-3,8,20H2,1H3,(H,25,26). The summed E-state index contributed by atoms with van der Waals surface area (Å²) in [6.07, 6.45) is 3.93. The molecular weight excluding hydrogens is 371 g/mol. The number of pyridine rings is 1. The molecule has 3 N–H and O–H groups in total. The molecule has 1 unspecified atom stereocenters. The van der Waals surface area contributed by atoms with Gasteiger partial charge in [0.2, 0.25) is 5.43 Å². The van der Waals surface area contributed by atoms with Crippen molar-refractivity contribution in [2.24, 2.45) is 10.7 Å². The fraction of sp³-hybridized carbons (Fsp3) is 0.278. The Morgan fingerprint density at radius 1 is 1.52 bits per heavy atom. The number of fused-ring (bicyclic) bond motifs is 3. The number of aromatic carboxylic acids is 1. The zero-order chi connectivity index (χ0) is 19.3. The summed E-state index contributed by atoms with van der Waals surface area (Å²) in [5, 5.41) is 11.2. The molecule has 1 saturated heterocycles. The molecule has 0 radical (unpaired) electrons. The minimum absolute atomic E-state index is 0.0166. The van der Waals surface area contributed by atoms with Gasteiger partial charge in [0.1, 0.15) is 16.2 Å². The Bertz CT molecular complexity index is 1170. The maximum absolute atomic E-state index is 15.1. The predicted octanol–water partition coefficient (Wildman–Crippen LogP) is 1.94. The Hall–Kier alpha value is -2.78. The molecule has 0 spiro atoms. The van der Waals surface area contributed by atoms with Gasteiger partial charge in [-0.15, -0.1) is 11.3 Å². The molecule has 4 rings (SSSR count). The normalized spacial score (nSPS) is 17.6. The number of thiazole rings is 1. The van der Waals surface area contributed by atoms with Crippen molar-refractivity contribution < 1.29 is 14.3 Å². The maximum atomic E-state index is 15.1. The Kier molecular flexibility index (Phi) is 4.20. The molecule has 1 fully saturated rings. The van der Waals surface area contributed by atoms with E-state index in [2.05, 4.69) is 4.99 Å². The number of aliphatic imine (C=N–C) groups is 1. The molecule has 3 heterocycles. The van der Waals surface area contributed by atoms with Crippen molar-refractivity contribution in [2.45, 2.75) is 12.5 Å². The summed E-state index contributed by atoms with van der Waals surface area (Å²) in [7, 11) is 1.56. The van der Waals surface area contributed by atoms with Crippen molar-refractivity contribution in [3.8, 4) is 0 Å². The van der Waals surface area contributed by atoms with E-state index >= 15 is 4.39 Å². The molecule has 2 aromatic heterocycles. The van der Waals surface area contributed by atoms with Crippen LogP contribution in [0, 0.1) is 5.82 Å². The Morgan fingerprint density at radius 2 is 2.30 bits per heavy atom. The zero-order valence-electron chi connectivity index (χ0n) is 14.5. The highest BCUT2D eigenvalue weighted by Crippen LogP contribution is 2.34. The average molecular weight is 388 g/mol. The van der Waals surface area contributed by atoms with Gasteiger partial charge in [0.25, 0.3) is 0 Å². The van der Waals surface area contributed by atoms with Gasteiger partial charge in [0, 0.05) is 49.5 Å². The van der Waals surface area contributed by atoms with Crippen LogP contribution in [0.1, 0.15) is 22.3 Å². The lowest BCUT2D eigenvalue weighted by Crippen LogP contribution is -2.28. The van der Waals surface area contributed by atoms with Gasteiger partial charge in [-0.3, -0.25) is 9.79 Å². The van der Waals surface area contributed by atoms with Crippen LogP contribution in [0.2, 0.25) is 0 Å². The predicted molar refractivity (Wildman–Crippen MR) is 104 cm³/mol. The van der Waals surface area contributed by atoms with Crippen LogP contribution in [0.15, 0.2) is 27.4 Å². The van der Waals surface area contributed by atoms with E-state index in [9.17, 15) is 14.7 Å². The van der Waals surface area contributed by atoms with E-state index in [0.29, 0.717) is 34.7 Å². The number of hydrogen-bond donors (Lipinski definition) is 2. The minimum atomic E-state index is -1.33. The van der Waals surface area contributed by atoms with Gasteiger partial charge in [-0.1, -0.05) is 0 Å². The SMILES string of the molecule is CN=Cc1c(N2CCC(N)C2)c(F)cc2c(=O)c(C(=O)O)c3sccn3c12. The second-order valence-electron chi connectivity index (χ2n) is 6.49. The van der Waals surface area contributed by atoms with Crippen LogP contribution in [-0.2, 0) is 0 Å². The Balaban J connectivity index is 2.19. The topological polar surface area (TPSA) is 100 Å². The first-order chi connectivity index (χ1) is 12.9. The number of rotatable bonds is 3. The van der Waals surface area contributed by atoms with Crippen LogP contribution < -0.4 is 16.1 Å². The number of hydrogen-bond acceptors (Lipinski definition) is 6. The monoisotopic (exact) mass is 388 g/mol. The summed E-state index contributed by atoms with van der Waals surface area (Å²) in [5.41, 5.74) is 6.16. The molecule has 3 aromatic rings. The van der Waals surface area contributed by atoms with E-state index in [1.165, 1.54) is 6.21 Å². The largest absolute Gasteiger partial charge is 0.477 e. The second-order valence-corrected chi connectivity index (χ2v) is 7.38. The zero-order valence-corrected chi connectivity index (χ0v) is 15.3. The van der Waals surface area contributed by atoms with Crippen LogP contribution in [0.3, 0.4) is 0 Å². The lowest BCUT2D eigenvalue weighted by Gasteiger charge is -2.23. The molecule has 140 valence electrons. The van der Waals surface area contributed by atoms with Crippen molar-refractivity contribution in [3.05, 3.63) is 44.8 Å². The quantitative estimate of drug-likeness (QED) is 0.668. The van der Waals surface area contributed by atoms with Crippen LogP contribution in [0.25, 0.3) is 15.7 Å². The first-order valence-corrected chi connectivity index (χ1v) is 9.26. The smallest absolute Gasteiger partial charge is 0.342 e. The first kappa shape index (κ1) is 17.6. The van der Waals surface area contributed by atoms with Crippen LogP contribution in [-0.4, -0.2) is 47.9 Å². The fourth-order valence-electron chi connectivity index (χ4n) is 3.70. The van der Waals surface area contributed by atoms with E-state index in [1.807, 2.05) is 4.90 Å². The van der Waals surface area contributed by atoms with E-state index < -0.39 is 17.2 Å². The summed E-state index contributed by atoms with van der Waals surface area (Å²) < 4.78 is 16.7. The van der Waals surface area contributed by atoms with Crippen molar-refractivity contribution in [2.75, 3.05) is 25.0 Å². The third-order valence-corrected chi connectivity index (χ3v) is 5.69. The molecule has 1 aromatic carbocycles. The van der Waals surface area contributed by atoms with Crippen LogP contribution >= 0.6 is 11.3 Å². The highest BCUT2D eigenvalue weighted by Gasteiger charge is 2.28. The number of nitrogens with two attached hydrogens (primary N) is 1. The number of carboxylic acids is 1. The second kappa shape index (κ2) is 6.43. The molecule has 7 nitrogen and oxygen atoms in total. The van der Waals surface area contributed by atoms with Gasteiger partial charge < -0.3 is 20.1 Å². The van der Waals surface area contributed by atoms with Gasteiger partial charge in [-0.25, -0.2) is 9.18 Å². The van der Waals surface area contributed by atoms with Gasteiger partial charge in [-0.2, -0.15) is 0 Å². The molecule has 1 atom stereocenters. The summed E-state index contributed by atoms with van der Waals surface area (Å²) in [5.74, 6) is -1.92. The molecule has 9 heteroatoms. The third kappa shape index (κ3) is 2.62. The highest BCUT2D eigenvalue weighted by molar-refractivity contribution is 7.16. The maximum Gasteiger partial charge on any atom is 0.342 e. The Labute approximate surface area is 157 Å². The number of carbonyl (C=O) groups is 1. The highest BCUT2D eigenvalue weighted by atomic mass is 32.1. The number of aromatic nitrogens is 1. The first-order valence-electron chi connectivity index (χ1n) is 8.38. The van der Waals surface area contributed by atoms with Crippen molar-refractivity contribution in [1.82, 2.24) is 4.40 Å². The minimum Gasteiger partial charge on any atom is -0.477 e. The van der Waals surface area contributed by atoms with E-state index in [4.69, 9.17) is 5.73 Å². The summed E-state index contributed by atoms with van der Waals surface area (Å²) in [4.78, 5) is 30.7. The Morgan fingerprint density at radius 3 is 2.93 bits per heavy atom. The van der Waals surface area contributed by atoms with Crippen LogP contribution in [0.4, 0.5) is 10.1 Å². The molecule has 0 bridgehead atoms.